The van der Waals surface area contributed by atoms with Crippen LogP contribution >= 0.6 is 12.6 Å². The van der Waals surface area contributed by atoms with Gasteiger partial charge in [0.25, 0.3) is 0 Å². The minimum atomic E-state index is -0.959. The predicted molar refractivity (Wildman–Crippen MR) is 47.9 cm³/mol. The minimum absolute atomic E-state index is 0.429. The standard InChI is InChI=1S/C4H9NO2S.CH4N2O/c5-3(1-2-8)4(6)7;2-1(3)4/h3,8H,1-2,5H2,(H,6,7);(H4,2,3,4)/t3-;/m0./s1. The van der Waals surface area contributed by atoms with Crippen LogP contribution in [0.2, 0.25) is 0 Å². The van der Waals surface area contributed by atoms with Gasteiger partial charge in [-0.1, -0.05) is 0 Å². The second kappa shape index (κ2) is 8.15. The van der Waals surface area contributed by atoms with Crippen LogP contribution in [0.3, 0.4) is 0 Å². The number of carbonyl (C=O) groups is 2. The molecule has 0 bridgehead atoms. The van der Waals surface area contributed by atoms with E-state index in [1.54, 1.807) is 0 Å². The molecule has 7 N–H and O–H groups in total. The Balaban J connectivity index is 0. The molecule has 0 aliphatic rings. The molecule has 0 aliphatic carbocycles. The van der Waals surface area contributed by atoms with Crippen molar-refractivity contribution in [2.45, 2.75) is 12.5 Å². The number of thiol groups is 1. The van der Waals surface area contributed by atoms with Gasteiger partial charge in [0.15, 0.2) is 0 Å². The highest BCUT2D eigenvalue weighted by Gasteiger charge is 2.08. The first-order chi connectivity index (χ1) is 5.41. The van der Waals surface area contributed by atoms with Gasteiger partial charge in [0.2, 0.25) is 0 Å². The molecule has 12 heavy (non-hydrogen) atoms. The quantitative estimate of drug-likeness (QED) is 0.359. The van der Waals surface area contributed by atoms with Gasteiger partial charge < -0.3 is 22.3 Å². The molecule has 2 amide bonds. The van der Waals surface area contributed by atoms with E-state index in [0.29, 0.717) is 12.2 Å². The highest BCUT2D eigenvalue weighted by Crippen LogP contribution is 1.88. The number of carboxylic acid groups (broad SMARTS) is 1. The molecule has 1 atom stereocenters. The van der Waals surface area contributed by atoms with Crippen LogP contribution in [0.25, 0.3) is 0 Å². The van der Waals surface area contributed by atoms with Crippen LogP contribution in [-0.4, -0.2) is 28.9 Å². The molecule has 0 heterocycles. The number of aliphatic carboxylic acids is 1. The Bertz CT molecular complexity index is 149. The average Bonchev–Trinajstić information content (AvgIpc) is 1.86. The molecule has 0 saturated heterocycles. The first kappa shape index (κ1) is 13.6. The molecule has 0 saturated carbocycles. The van der Waals surface area contributed by atoms with Crippen molar-refractivity contribution in [3.63, 3.8) is 0 Å². The lowest BCUT2D eigenvalue weighted by atomic mass is 10.2. The molecule has 0 aromatic rings. The Morgan fingerprint density at radius 3 is 1.83 bits per heavy atom. The Morgan fingerprint density at radius 2 is 1.75 bits per heavy atom. The van der Waals surface area contributed by atoms with E-state index in [1.165, 1.54) is 0 Å². The van der Waals surface area contributed by atoms with Crippen LogP contribution in [0.15, 0.2) is 0 Å². The first-order valence-corrected chi connectivity index (χ1v) is 3.69. The second-order valence-corrected chi connectivity index (χ2v) is 2.31. The number of carbonyl (C=O) groups excluding carboxylic acids is 1. The fourth-order valence-corrected chi connectivity index (χ4v) is 0.541. The summed E-state index contributed by atoms with van der Waals surface area (Å²) in [5, 5.41) is 8.15. The highest BCUT2D eigenvalue weighted by atomic mass is 32.1. The number of rotatable bonds is 3. The summed E-state index contributed by atoms with van der Waals surface area (Å²) in [6.45, 7) is 0. The summed E-state index contributed by atoms with van der Waals surface area (Å²) in [7, 11) is 0. The lowest BCUT2D eigenvalue weighted by Crippen LogP contribution is -2.30. The van der Waals surface area contributed by atoms with E-state index in [2.05, 4.69) is 24.1 Å². The van der Waals surface area contributed by atoms with Crippen molar-refractivity contribution in [3.05, 3.63) is 0 Å². The lowest BCUT2D eigenvalue weighted by Gasteiger charge is -2.00. The molecule has 6 nitrogen and oxygen atoms in total. The van der Waals surface area contributed by atoms with Gasteiger partial charge in [0.1, 0.15) is 6.04 Å². The topological polar surface area (TPSA) is 132 Å². The van der Waals surface area contributed by atoms with Crippen LogP contribution in [0.1, 0.15) is 6.42 Å². The third-order valence-corrected chi connectivity index (χ3v) is 1.02. The molecule has 0 aliphatic heterocycles. The number of carboxylic acids is 1. The van der Waals surface area contributed by atoms with Crippen molar-refractivity contribution in [1.82, 2.24) is 0 Å². The van der Waals surface area contributed by atoms with Crippen molar-refractivity contribution in [1.29, 1.82) is 0 Å². The number of amides is 2. The smallest absolute Gasteiger partial charge is 0.320 e. The summed E-state index contributed by atoms with van der Waals surface area (Å²) in [6.07, 6.45) is 0.429. The Hall–Kier alpha value is -0.950. The molecular formula is C5H13N3O3S. The molecule has 0 rings (SSSR count). The lowest BCUT2D eigenvalue weighted by molar-refractivity contribution is -0.138. The largest absolute Gasteiger partial charge is 0.480 e. The van der Waals surface area contributed by atoms with Crippen molar-refractivity contribution in [2.24, 2.45) is 17.2 Å². The summed E-state index contributed by atoms with van der Waals surface area (Å²) >= 11 is 3.81. The third-order valence-electron chi connectivity index (χ3n) is 0.757. The average molecular weight is 195 g/mol. The first-order valence-electron chi connectivity index (χ1n) is 3.06. The number of hydrogen-bond acceptors (Lipinski definition) is 4. The Kier molecular flexibility index (Phi) is 9.25. The Labute approximate surface area is 75.5 Å². The van der Waals surface area contributed by atoms with Gasteiger partial charge >= 0.3 is 12.0 Å². The van der Waals surface area contributed by atoms with Crippen molar-refractivity contribution >= 4 is 24.6 Å². The van der Waals surface area contributed by atoms with Crippen molar-refractivity contribution < 1.29 is 14.7 Å². The van der Waals surface area contributed by atoms with Crippen LogP contribution in [0.5, 0.6) is 0 Å². The summed E-state index contributed by atoms with van der Waals surface area (Å²) in [5.41, 5.74) is 13.6. The maximum atomic E-state index is 9.93. The zero-order chi connectivity index (χ0) is 10.1. The van der Waals surface area contributed by atoms with E-state index in [0.717, 1.165) is 0 Å². The second-order valence-electron chi connectivity index (χ2n) is 1.86. The molecule has 7 heteroatoms. The maximum Gasteiger partial charge on any atom is 0.320 e. The fourth-order valence-electron chi connectivity index (χ4n) is 0.263. The third kappa shape index (κ3) is 16.0. The molecule has 0 spiro atoms. The zero-order valence-corrected chi connectivity index (χ0v) is 7.33. The fraction of sp³-hybridized carbons (Fsp3) is 0.600. The van der Waals surface area contributed by atoms with Gasteiger partial charge in [0.05, 0.1) is 0 Å². The van der Waals surface area contributed by atoms with Crippen molar-refractivity contribution in [3.8, 4) is 0 Å². The van der Waals surface area contributed by atoms with E-state index in [4.69, 9.17) is 15.6 Å². The monoisotopic (exact) mass is 195 g/mol. The number of nitrogens with two attached hydrogens (primary N) is 3. The summed E-state index contributed by atoms with van der Waals surface area (Å²) in [6, 6.07) is -1.58. The van der Waals surface area contributed by atoms with Gasteiger partial charge in [-0.2, -0.15) is 12.6 Å². The molecule has 0 unspecified atom stereocenters. The number of primary amides is 2. The molecule has 0 aromatic heterocycles. The van der Waals surface area contributed by atoms with Crippen molar-refractivity contribution in [2.75, 3.05) is 5.75 Å². The molecule has 0 fully saturated rings. The van der Waals surface area contributed by atoms with Gasteiger partial charge in [-0.05, 0) is 12.2 Å². The van der Waals surface area contributed by atoms with Gasteiger partial charge in [0, 0.05) is 0 Å². The molecular weight excluding hydrogens is 182 g/mol. The maximum absolute atomic E-state index is 9.93. The normalized spacial score (nSPS) is 10.8. The van der Waals surface area contributed by atoms with Crippen LogP contribution in [0.4, 0.5) is 4.79 Å². The number of hydrogen-bond donors (Lipinski definition) is 5. The predicted octanol–water partition coefficient (Wildman–Crippen LogP) is -1.26. The van der Waals surface area contributed by atoms with Crippen LogP contribution in [-0.2, 0) is 4.79 Å². The SMILES string of the molecule is NC(N)=O.N[C@@H](CCS)C(=O)O. The highest BCUT2D eigenvalue weighted by molar-refractivity contribution is 7.80. The molecule has 0 radical (unpaired) electrons. The molecule has 72 valence electrons. The summed E-state index contributed by atoms with van der Waals surface area (Å²) in [5.74, 6) is -0.438. The molecule has 0 aromatic carbocycles. The van der Waals surface area contributed by atoms with E-state index >= 15 is 0 Å². The van der Waals surface area contributed by atoms with E-state index in [9.17, 15) is 4.79 Å². The van der Waals surface area contributed by atoms with Gasteiger partial charge in [-0.25, -0.2) is 4.79 Å². The van der Waals surface area contributed by atoms with E-state index in [-0.39, 0.29) is 0 Å². The van der Waals surface area contributed by atoms with Crippen LogP contribution in [0, 0.1) is 0 Å². The van der Waals surface area contributed by atoms with Gasteiger partial charge in [-0.3, -0.25) is 4.79 Å². The number of urea groups is 1. The van der Waals surface area contributed by atoms with E-state index in [1.807, 2.05) is 0 Å². The summed E-state index contributed by atoms with van der Waals surface area (Å²) < 4.78 is 0. The van der Waals surface area contributed by atoms with E-state index < -0.39 is 18.0 Å². The minimum Gasteiger partial charge on any atom is -0.480 e. The van der Waals surface area contributed by atoms with Gasteiger partial charge in [-0.15, -0.1) is 0 Å². The van der Waals surface area contributed by atoms with Crippen LogP contribution < -0.4 is 17.2 Å². The summed E-state index contributed by atoms with van der Waals surface area (Å²) in [4.78, 5) is 18.9. The zero-order valence-electron chi connectivity index (χ0n) is 6.43. The Morgan fingerprint density at radius 1 is 1.42 bits per heavy atom.